The minimum Gasteiger partial charge on any atom is -0.356 e. The fourth-order valence-corrected chi connectivity index (χ4v) is 3.12. The van der Waals surface area contributed by atoms with Gasteiger partial charge in [0, 0.05) is 38.8 Å². The monoisotopic (exact) mass is 526 g/mol. The van der Waals surface area contributed by atoms with Gasteiger partial charge in [-0.05, 0) is 68.1 Å². The van der Waals surface area contributed by atoms with E-state index in [0.29, 0.717) is 37.7 Å². The molecule has 0 aliphatic carbocycles. The number of hydrogen-bond donors (Lipinski definition) is 2. The highest BCUT2D eigenvalue weighted by molar-refractivity contribution is 14.0. The zero-order chi connectivity index (χ0) is 21.2. The van der Waals surface area contributed by atoms with Crippen molar-refractivity contribution in [3.8, 4) is 0 Å². The molecule has 7 heteroatoms. The first-order chi connectivity index (χ1) is 14.0. The smallest absolute Gasteiger partial charge is 0.253 e. The second-order valence-electron chi connectivity index (χ2n) is 6.85. The summed E-state index contributed by atoms with van der Waals surface area (Å²) in [6.45, 7) is 8.60. The lowest BCUT2D eigenvalue weighted by Gasteiger charge is -2.18. The highest BCUT2D eigenvalue weighted by Crippen LogP contribution is 2.10. The standard InChI is InChI=1S/C23H31FN4O.HI/c1-5-28(6-2)22(29)20-9-7-18(8-10-20)16-27-23(25-4)26-14-13-19-11-12-21(24)15-17(19)3;/h7-12,15H,5-6,13-14,16H2,1-4H3,(H2,25,26,27);1H. The Morgan fingerprint density at radius 3 is 2.30 bits per heavy atom. The van der Waals surface area contributed by atoms with Crippen molar-refractivity contribution < 1.29 is 9.18 Å². The van der Waals surface area contributed by atoms with E-state index in [0.717, 1.165) is 23.1 Å². The van der Waals surface area contributed by atoms with E-state index in [1.54, 1.807) is 13.1 Å². The molecule has 0 heterocycles. The molecule has 0 aromatic heterocycles. The molecule has 1 amide bonds. The highest BCUT2D eigenvalue weighted by atomic mass is 127. The number of nitrogens with one attached hydrogen (secondary N) is 2. The number of nitrogens with zero attached hydrogens (tertiary/aromatic N) is 2. The normalized spacial score (nSPS) is 10.9. The first-order valence-electron chi connectivity index (χ1n) is 10.1. The van der Waals surface area contributed by atoms with E-state index < -0.39 is 0 Å². The van der Waals surface area contributed by atoms with E-state index in [1.807, 2.05) is 56.0 Å². The average Bonchev–Trinajstić information content (AvgIpc) is 2.73. The van der Waals surface area contributed by atoms with Gasteiger partial charge in [0.05, 0.1) is 0 Å². The Kier molecular flexibility index (Phi) is 11.4. The Balaban J connectivity index is 0.00000450. The molecular weight excluding hydrogens is 494 g/mol. The van der Waals surface area contributed by atoms with Gasteiger partial charge in [-0.15, -0.1) is 24.0 Å². The van der Waals surface area contributed by atoms with Crippen LogP contribution in [-0.2, 0) is 13.0 Å². The molecule has 5 nitrogen and oxygen atoms in total. The largest absolute Gasteiger partial charge is 0.356 e. The lowest BCUT2D eigenvalue weighted by atomic mass is 10.1. The molecule has 0 radical (unpaired) electrons. The predicted molar refractivity (Wildman–Crippen MR) is 132 cm³/mol. The Morgan fingerprint density at radius 2 is 1.73 bits per heavy atom. The van der Waals surface area contributed by atoms with E-state index >= 15 is 0 Å². The SMILES string of the molecule is CCN(CC)C(=O)c1ccc(CNC(=NC)NCCc2ccc(F)cc2C)cc1.I. The summed E-state index contributed by atoms with van der Waals surface area (Å²) >= 11 is 0. The maximum Gasteiger partial charge on any atom is 0.253 e. The van der Waals surface area contributed by atoms with Crippen LogP contribution in [0.15, 0.2) is 47.5 Å². The van der Waals surface area contributed by atoms with E-state index in [1.165, 1.54) is 6.07 Å². The molecule has 164 valence electrons. The molecule has 0 atom stereocenters. The first-order valence-corrected chi connectivity index (χ1v) is 10.1. The van der Waals surface area contributed by atoms with Crippen LogP contribution in [0, 0.1) is 12.7 Å². The van der Waals surface area contributed by atoms with Gasteiger partial charge < -0.3 is 15.5 Å². The average molecular weight is 526 g/mol. The van der Waals surface area contributed by atoms with Gasteiger partial charge in [-0.2, -0.15) is 0 Å². The van der Waals surface area contributed by atoms with Crippen LogP contribution in [0.3, 0.4) is 0 Å². The number of amides is 1. The van der Waals surface area contributed by atoms with Gasteiger partial charge in [0.1, 0.15) is 5.82 Å². The maximum atomic E-state index is 13.2. The topological polar surface area (TPSA) is 56.7 Å². The van der Waals surface area contributed by atoms with Crippen molar-refractivity contribution in [2.45, 2.75) is 33.7 Å². The van der Waals surface area contributed by atoms with Crippen LogP contribution >= 0.6 is 24.0 Å². The summed E-state index contributed by atoms with van der Waals surface area (Å²) in [6.07, 6.45) is 0.787. The van der Waals surface area contributed by atoms with Crippen molar-refractivity contribution in [3.63, 3.8) is 0 Å². The van der Waals surface area contributed by atoms with Crippen molar-refractivity contribution in [3.05, 3.63) is 70.5 Å². The number of rotatable bonds is 8. The molecule has 0 aliphatic rings. The number of carbonyl (C=O) groups excluding carboxylic acids is 1. The summed E-state index contributed by atoms with van der Waals surface area (Å²) in [5.41, 5.74) is 3.84. The number of hydrogen-bond acceptors (Lipinski definition) is 2. The summed E-state index contributed by atoms with van der Waals surface area (Å²) in [6, 6.07) is 12.5. The fraction of sp³-hybridized carbons (Fsp3) is 0.391. The number of carbonyl (C=O) groups is 1. The van der Waals surface area contributed by atoms with E-state index in [4.69, 9.17) is 0 Å². The van der Waals surface area contributed by atoms with E-state index in [9.17, 15) is 9.18 Å². The molecule has 0 fully saturated rings. The third-order valence-electron chi connectivity index (χ3n) is 4.93. The number of benzene rings is 2. The summed E-state index contributed by atoms with van der Waals surface area (Å²) in [4.78, 5) is 18.4. The molecule has 2 rings (SSSR count). The number of guanidine groups is 1. The lowest BCUT2D eigenvalue weighted by Crippen LogP contribution is -2.37. The van der Waals surface area contributed by atoms with Gasteiger partial charge >= 0.3 is 0 Å². The second kappa shape index (κ2) is 13.2. The number of halogens is 2. The van der Waals surface area contributed by atoms with Crippen molar-refractivity contribution in [1.82, 2.24) is 15.5 Å². The number of aryl methyl sites for hydroxylation is 1. The molecule has 2 aromatic carbocycles. The highest BCUT2D eigenvalue weighted by Gasteiger charge is 2.11. The maximum absolute atomic E-state index is 13.2. The van der Waals surface area contributed by atoms with Crippen LogP contribution in [0.25, 0.3) is 0 Å². The molecule has 0 saturated heterocycles. The molecule has 0 aliphatic heterocycles. The minimum atomic E-state index is -0.207. The quantitative estimate of drug-likeness (QED) is 0.309. The minimum absolute atomic E-state index is 0. The Morgan fingerprint density at radius 1 is 1.07 bits per heavy atom. The second-order valence-corrected chi connectivity index (χ2v) is 6.85. The van der Waals surface area contributed by atoms with Crippen LogP contribution in [0.1, 0.15) is 40.9 Å². The Hall–Kier alpha value is -2.16. The Bertz CT molecular complexity index is 836. The van der Waals surface area contributed by atoms with E-state index in [2.05, 4.69) is 15.6 Å². The van der Waals surface area contributed by atoms with Crippen LogP contribution in [0.5, 0.6) is 0 Å². The van der Waals surface area contributed by atoms with Crippen molar-refractivity contribution in [1.29, 1.82) is 0 Å². The summed E-state index contributed by atoms with van der Waals surface area (Å²) < 4.78 is 13.2. The molecule has 30 heavy (non-hydrogen) atoms. The van der Waals surface area contributed by atoms with Crippen LogP contribution in [0.4, 0.5) is 4.39 Å². The van der Waals surface area contributed by atoms with E-state index in [-0.39, 0.29) is 35.7 Å². The summed E-state index contributed by atoms with van der Waals surface area (Å²) in [5, 5.41) is 6.55. The number of aliphatic imine (C=N–C) groups is 1. The van der Waals surface area contributed by atoms with Crippen LogP contribution in [0.2, 0.25) is 0 Å². The van der Waals surface area contributed by atoms with Gasteiger partial charge in [0.15, 0.2) is 5.96 Å². The van der Waals surface area contributed by atoms with Crippen molar-refractivity contribution in [2.75, 3.05) is 26.7 Å². The molecule has 2 aromatic rings. The van der Waals surface area contributed by atoms with Crippen molar-refractivity contribution in [2.24, 2.45) is 4.99 Å². The molecule has 0 bridgehead atoms. The molecule has 0 saturated carbocycles. The fourth-order valence-electron chi connectivity index (χ4n) is 3.12. The van der Waals surface area contributed by atoms with Crippen molar-refractivity contribution >= 4 is 35.8 Å². The molecular formula is C23H32FIN4O. The molecule has 2 N–H and O–H groups in total. The molecule has 0 spiro atoms. The predicted octanol–water partition coefficient (Wildman–Crippen LogP) is 4.14. The van der Waals surface area contributed by atoms with Gasteiger partial charge in [-0.3, -0.25) is 9.79 Å². The van der Waals surface area contributed by atoms with Gasteiger partial charge in [0.2, 0.25) is 0 Å². The lowest BCUT2D eigenvalue weighted by molar-refractivity contribution is 0.0773. The molecule has 0 unspecified atom stereocenters. The zero-order valence-corrected chi connectivity index (χ0v) is 20.5. The Labute approximate surface area is 196 Å². The van der Waals surface area contributed by atoms with Gasteiger partial charge in [0.25, 0.3) is 5.91 Å². The first kappa shape index (κ1) is 25.9. The van der Waals surface area contributed by atoms with Gasteiger partial charge in [-0.25, -0.2) is 4.39 Å². The zero-order valence-electron chi connectivity index (χ0n) is 18.2. The summed E-state index contributed by atoms with van der Waals surface area (Å²) in [5.74, 6) is 0.553. The van der Waals surface area contributed by atoms with Crippen LogP contribution in [-0.4, -0.2) is 43.4 Å². The van der Waals surface area contributed by atoms with Gasteiger partial charge in [-0.1, -0.05) is 18.2 Å². The summed E-state index contributed by atoms with van der Waals surface area (Å²) in [7, 11) is 1.73. The third kappa shape index (κ3) is 7.59. The van der Waals surface area contributed by atoms with Crippen LogP contribution < -0.4 is 10.6 Å². The third-order valence-corrected chi connectivity index (χ3v) is 4.93.